The number of fused-ring (bicyclic) bond motifs is 1. The number of aliphatic hydroxyl groups excluding tert-OH is 1. The van der Waals surface area contributed by atoms with E-state index < -0.39 is 0 Å². The Morgan fingerprint density at radius 3 is 3.06 bits per heavy atom. The molecule has 2 rings (SSSR count). The number of rotatable bonds is 5. The first kappa shape index (κ1) is 10.6. The topological polar surface area (TPSA) is 98.8 Å². The largest absolute Gasteiger partial charge is 0.396 e. The van der Waals surface area contributed by atoms with Crippen LogP contribution in [0.15, 0.2) is 6.20 Å². The molecule has 0 aliphatic heterocycles. The molecule has 0 unspecified atom stereocenters. The minimum atomic E-state index is 0.158. The van der Waals surface area contributed by atoms with Crippen molar-refractivity contribution in [1.82, 2.24) is 20.2 Å². The lowest BCUT2D eigenvalue weighted by molar-refractivity contribution is 0.292. The van der Waals surface area contributed by atoms with Crippen molar-refractivity contribution in [2.75, 3.05) is 30.8 Å². The molecule has 0 aromatic carbocycles. The standard InChI is InChI=1S/C9H14N6O/c1-10-9-13-7(11-3-2-4-16)6-5-12-15-8(6)14-9/h5,16H,2-4H2,1H3,(H3,10,11,12,13,14,15). The highest BCUT2D eigenvalue weighted by Gasteiger charge is 2.07. The zero-order chi connectivity index (χ0) is 11.4. The van der Waals surface area contributed by atoms with Crippen molar-refractivity contribution in [3.8, 4) is 0 Å². The molecule has 0 atom stereocenters. The quantitative estimate of drug-likeness (QED) is 0.539. The molecule has 2 heterocycles. The van der Waals surface area contributed by atoms with Crippen molar-refractivity contribution in [3.05, 3.63) is 6.20 Å². The first-order valence-corrected chi connectivity index (χ1v) is 5.08. The van der Waals surface area contributed by atoms with Crippen molar-refractivity contribution in [2.24, 2.45) is 0 Å². The zero-order valence-corrected chi connectivity index (χ0v) is 8.99. The molecule has 0 saturated heterocycles. The maximum absolute atomic E-state index is 8.71. The zero-order valence-electron chi connectivity index (χ0n) is 8.99. The summed E-state index contributed by atoms with van der Waals surface area (Å²) < 4.78 is 0. The molecule has 0 bridgehead atoms. The summed E-state index contributed by atoms with van der Waals surface area (Å²) in [5, 5.41) is 22.3. The molecule has 0 aliphatic rings. The SMILES string of the molecule is CNc1nc(NCCCO)c2cn[nH]c2n1. The van der Waals surface area contributed by atoms with Crippen molar-refractivity contribution in [1.29, 1.82) is 0 Å². The first-order chi connectivity index (χ1) is 7.85. The smallest absolute Gasteiger partial charge is 0.226 e. The molecule has 7 heteroatoms. The van der Waals surface area contributed by atoms with Gasteiger partial charge in [0.25, 0.3) is 0 Å². The predicted octanol–water partition coefficient (Wildman–Crippen LogP) is 0.189. The van der Waals surface area contributed by atoms with Gasteiger partial charge in [0.05, 0.1) is 11.6 Å². The summed E-state index contributed by atoms with van der Waals surface area (Å²) in [6, 6.07) is 0. The van der Waals surface area contributed by atoms with E-state index in [0.717, 1.165) is 11.2 Å². The number of nitrogens with zero attached hydrogens (tertiary/aromatic N) is 3. The molecule has 0 aliphatic carbocycles. The third kappa shape index (κ3) is 2.03. The number of aromatic nitrogens is 4. The van der Waals surface area contributed by atoms with E-state index in [2.05, 4.69) is 30.8 Å². The highest BCUT2D eigenvalue weighted by atomic mass is 16.3. The van der Waals surface area contributed by atoms with Gasteiger partial charge in [0.1, 0.15) is 5.82 Å². The van der Waals surface area contributed by atoms with E-state index >= 15 is 0 Å². The number of hydrogen-bond donors (Lipinski definition) is 4. The van der Waals surface area contributed by atoms with Gasteiger partial charge in [0.2, 0.25) is 5.95 Å². The number of hydrogen-bond acceptors (Lipinski definition) is 6. The van der Waals surface area contributed by atoms with E-state index in [4.69, 9.17) is 5.11 Å². The van der Waals surface area contributed by atoms with E-state index in [-0.39, 0.29) is 6.61 Å². The average molecular weight is 222 g/mol. The summed E-state index contributed by atoms with van der Waals surface area (Å²) in [5.41, 5.74) is 0.686. The Morgan fingerprint density at radius 2 is 2.31 bits per heavy atom. The number of H-pyrrole nitrogens is 1. The van der Waals surface area contributed by atoms with E-state index in [1.807, 2.05) is 0 Å². The number of nitrogens with one attached hydrogen (secondary N) is 3. The van der Waals surface area contributed by atoms with Crippen LogP contribution in [0.4, 0.5) is 11.8 Å². The molecule has 2 aromatic heterocycles. The van der Waals surface area contributed by atoms with E-state index in [1.54, 1.807) is 13.2 Å². The third-order valence-electron chi connectivity index (χ3n) is 2.16. The van der Waals surface area contributed by atoms with Crippen LogP contribution in [0.2, 0.25) is 0 Å². The van der Waals surface area contributed by atoms with Crippen LogP contribution in [-0.2, 0) is 0 Å². The van der Waals surface area contributed by atoms with E-state index in [0.29, 0.717) is 24.6 Å². The average Bonchev–Trinajstić information content (AvgIpc) is 2.77. The first-order valence-electron chi connectivity index (χ1n) is 5.08. The third-order valence-corrected chi connectivity index (χ3v) is 2.16. The van der Waals surface area contributed by atoms with Gasteiger partial charge in [-0.15, -0.1) is 0 Å². The molecule has 16 heavy (non-hydrogen) atoms. The molecule has 0 radical (unpaired) electrons. The molecule has 4 N–H and O–H groups in total. The van der Waals surface area contributed by atoms with Gasteiger partial charge in [0.15, 0.2) is 5.65 Å². The Hall–Kier alpha value is -1.89. The highest BCUT2D eigenvalue weighted by molar-refractivity contribution is 5.86. The van der Waals surface area contributed by atoms with Crippen molar-refractivity contribution < 1.29 is 5.11 Å². The van der Waals surface area contributed by atoms with Crippen LogP contribution in [0, 0.1) is 0 Å². The highest BCUT2D eigenvalue weighted by Crippen LogP contribution is 2.19. The van der Waals surface area contributed by atoms with Gasteiger partial charge in [-0.2, -0.15) is 15.1 Å². The van der Waals surface area contributed by atoms with Gasteiger partial charge in [0, 0.05) is 20.2 Å². The molecular formula is C9H14N6O. The number of anilines is 2. The molecule has 0 amide bonds. The molecule has 86 valence electrons. The van der Waals surface area contributed by atoms with Crippen LogP contribution in [0.5, 0.6) is 0 Å². The summed E-state index contributed by atoms with van der Waals surface area (Å²) >= 11 is 0. The molecule has 0 saturated carbocycles. The fourth-order valence-corrected chi connectivity index (χ4v) is 1.37. The van der Waals surface area contributed by atoms with Crippen LogP contribution in [0.3, 0.4) is 0 Å². The van der Waals surface area contributed by atoms with E-state index in [9.17, 15) is 0 Å². The van der Waals surface area contributed by atoms with Crippen LogP contribution in [0.1, 0.15) is 6.42 Å². The van der Waals surface area contributed by atoms with Gasteiger partial charge < -0.3 is 15.7 Å². The van der Waals surface area contributed by atoms with Gasteiger partial charge in [-0.3, -0.25) is 5.10 Å². The van der Waals surface area contributed by atoms with Gasteiger partial charge in [-0.1, -0.05) is 0 Å². The summed E-state index contributed by atoms with van der Waals surface area (Å²) in [5.74, 6) is 1.25. The Morgan fingerprint density at radius 1 is 1.44 bits per heavy atom. The maximum Gasteiger partial charge on any atom is 0.226 e. The van der Waals surface area contributed by atoms with Crippen molar-refractivity contribution >= 4 is 22.8 Å². The van der Waals surface area contributed by atoms with Gasteiger partial charge in [-0.25, -0.2) is 0 Å². The number of aromatic amines is 1. The maximum atomic E-state index is 8.71. The van der Waals surface area contributed by atoms with Crippen molar-refractivity contribution in [3.63, 3.8) is 0 Å². The summed E-state index contributed by atoms with van der Waals surface area (Å²) in [7, 11) is 1.76. The predicted molar refractivity (Wildman–Crippen MR) is 61.4 cm³/mol. The van der Waals surface area contributed by atoms with E-state index in [1.165, 1.54) is 0 Å². The van der Waals surface area contributed by atoms with Crippen LogP contribution >= 0.6 is 0 Å². The minimum Gasteiger partial charge on any atom is -0.396 e. The molecule has 0 fully saturated rings. The Kier molecular flexibility index (Phi) is 3.16. The second-order valence-electron chi connectivity index (χ2n) is 3.28. The summed E-state index contributed by atoms with van der Waals surface area (Å²) in [4.78, 5) is 8.50. The Labute approximate surface area is 92.3 Å². The van der Waals surface area contributed by atoms with Gasteiger partial charge in [-0.05, 0) is 6.42 Å². The van der Waals surface area contributed by atoms with Gasteiger partial charge >= 0.3 is 0 Å². The Balaban J connectivity index is 2.29. The molecule has 7 nitrogen and oxygen atoms in total. The monoisotopic (exact) mass is 222 g/mol. The normalized spacial score (nSPS) is 10.6. The van der Waals surface area contributed by atoms with Crippen LogP contribution in [-0.4, -0.2) is 45.5 Å². The lowest BCUT2D eigenvalue weighted by Gasteiger charge is -2.07. The second kappa shape index (κ2) is 4.75. The molecular weight excluding hydrogens is 208 g/mol. The lowest BCUT2D eigenvalue weighted by Crippen LogP contribution is -2.07. The van der Waals surface area contributed by atoms with Crippen LogP contribution in [0.25, 0.3) is 11.0 Å². The lowest BCUT2D eigenvalue weighted by atomic mass is 10.3. The van der Waals surface area contributed by atoms with Crippen molar-refractivity contribution in [2.45, 2.75) is 6.42 Å². The summed E-state index contributed by atoms with van der Waals surface area (Å²) in [6.07, 6.45) is 2.36. The van der Waals surface area contributed by atoms with Crippen LogP contribution < -0.4 is 10.6 Å². The number of aliphatic hydroxyl groups is 1. The summed E-state index contributed by atoms with van der Waals surface area (Å²) in [6.45, 7) is 0.822. The second-order valence-corrected chi connectivity index (χ2v) is 3.28. The molecule has 2 aromatic rings. The fourth-order valence-electron chi connectivity index (χ4n) is 1.37. The Bertz CT molecular complexity index is 468. The fraction of sp³-hybridized carbons (Fsp3) is 0.444. The molecule has 0 spiro atoms. The minimum absolute atomic E-state index is 0.158.